The highest BCUT2D eigenvalue weighted by molar-refractivity contribution is 7.98. The molecule has 0 unspecified atom stereocenters. The van der Waals surface area contributed by atoms with Gasteiger partial charge in [-0.05, 0) is 17.5 Å². The predicted molar refractivity (Wildman–Crippen MR) is 96.4 cm³/mol. The molecule has 0 aliphatic rings. The predicted octanol–water partition coefficient (Wildman–Crippen LogP) is 3.91. The summed E-state index contributed by atoms with van der Waals surface area (Å²) in [7, 11) is 0. The minimum atomic E-state index is 0.492. The zero-order valence-electron chi connectivity index (χ0n) is 12.7. The molecule has 5 rings (SSSR count). The second-order valence-electron chi connectivity index (χ2n) is 5.24. The van der Waals surface area contributed by atoms with Crippen LogP contribution in [-0.2, 0) is 5.75 Å². The zero-order chi connectivity index (χ0) is 16.6. The van der Waals surface area contributed by atoms with Crippen LogP contribution in [0.5, 0.6) is 0 Å². The summed E-state index contributed by atoms with van der Waals surface area (Å²) in [5.41, 5.74) is 2.50. The monoisotopic (exact) mass is 366 g/mol. The van der Waals surface area contributed by atoms with E-state index in [1.807, 2.05) is 41.8 Å². The molecule has 0 aliphatic carbocycles. The van der Waals surface area contributed by atoms with Crippen LogP contribution in [0.15, 0.2) is 51.5 Å². The third kappa shape index (κ3) is 2.67. The standard InChI is InChI=1S/C16H10N6OS2/c1-2-5-10-9(4-1)13-15(17-10)19-16(21-20-13)25-8-12-18-14(22-23-12)11-6-3-7-24-11/h1-7H,8H2,(H,17,19,21). The van der Waals surface area contributed by atoms with Gasteiger partial charge in [-0.15, -0.1) is 21.5 Å². The Morgan fingerprint density at radius 3 is 2.96 bits per heavy atom. The number of hydrogen-bond acceptors (Lipinski definition) is 8. The third-order valence-electron chi connectivity index (χ3n) is 3.64. The van der Waals surface area contributed by atoms with Gasteiger partial charge < -0.3 is 9.51 Å². The van der Waals surface area contributed by atoms with Crippen molar-refractivity contribution in [2.75, 3.05) is 0 Å². The van der Waals surface area contributed by atoms with E-state index in [0.717, 1.165) is 26.9 Å². The molecule has 7 nitrogen and oxygen atoms in total. The van der Waals surface area contributed by atoms with E-state index in [0.29, 0.717) is 22.6 Å². The summed E-state index contributed by atoms with van der Waals surface area (Å²) < 4.78 is 5.29. The van der Waals surface area contributed by atoms with Gasteiger partial charge in [-0.1, -0.05) is 41.2 Å². The van der Waals surface area contributed by atoms with Crippen LogP contribution in [-0.4, -0.2) is 30.3 Å². The highest BCUT2D eigenvalue weighted by atomic mass is 32.2. The summed E-state index contributed by atoms with van der Waals surface area (Å²) in [6.45, 7) is 0. The van der Waals surface area contributed by atoms with Gasteiger partial charge >= 0.3 is 0 Å². The number of benzene rings is 1. The second-order valence-corrected chi connectivity index (χ2v) is 7.13. The molecule has 5 aromatic rings. The molecule has 0 saturated heterocycles. The molecule has 1 aromatic carbocycles. The molecule has 0 bridgehead atoms. The lowest BCUT2D eigenvalue weighted by molar-refractivity contribution is 0.391. The normalized spacial score (nSPS) is 11.5. The van der Waals surface area contributed by atoms with Crippen molar-refractivity contribution >= 4 is 45.2 Å². The highest BCUT2D eigenvalue weighted by Crippen LogP contribution is 2.26. The Balaban J connectivity index is 1.38. The molecule has 122 valence electrons. The number of thioether (sulfide) groups is 1. The van der Waals surface area contributed by atoms with Crippen molar-refractivity contribution in [2.45, 2.75) is 10.9 Å². The Morgan fingerprint density at radius 2 is 2.04 bits per heavy atom. The Labute approximate surface area is 149 Å². The molecule has 0 fully saturated rings. The molecular formula is C16H10N6OS2. The quantitative estimate of drug-likeness (QED) is 0.482. The number of hydrogen-bond donors (Lipinski definition) is 1. The first-order valence-electron chi connectivity index (χ1n) is 7.47. The fourth-order valence-corrected chi connectivity index (χ4v) is 3.79. The summed E-state index contributed by atoms with van der Waals surface area (Å²) in [4.78, 5) is 13.2. The van der Waals surface area contributed by atoms with E-state index in [4.69, 9.17) is 4.52 Å². The zero-order valence-corrected chi connectivity index (χ0v) is 14.3. The maximum atomic E-state index is 5.29. The van der Waals surface area contributed by atoms with Crippen molar-refractivity contribution in [1.82, 2.24) is 30.3 Å². The van der Waals surface area contributed by atoms with Crippen molar-refractivity contribution in [1.29, 1.82) is 0 Å². The lowest BCUT2D eigenvalue weighted by Gasteiger charge is -1.95. The topological polar surface area (TPSA) is 93.4 Å². The first-order valence-corrected chi connectivity index (χ1v) is 9.34. The van der Waals surface area contributed by atoms with Crippen LogP contribution in [0.2, 0.25) is 0 Å². The van der Waals surface area contributed by atoms with Crippen molar-refractivity contribution in [3.8, 4) is 10.7 Å². The number of thiophene rings is 1. The molecule has 0 aliphatic heterocycles. The molecule has 1 N–H and O–H groups in total. The van der Waals surface area contributed by atoms with Crippen molar-refractivity contribution < 1.29 is 4.52 Å². The summed E-state index contributed by atoms with van der Waals surface area (Å²) >= 11 is 2.99. The minimum Gasteiger partial charge on any atom is -0.338 e. The van der Waals surface area contributed by atoms with E-state index in [1.165, 1.54) is 11.8 Å². The highest BCUT2D eigenvalue weighted by Gasteiger charge is 2.12. The number of aromatic amines is 1. The van der Waals surface area contributed by atoms with Crippen LogP contribution in [0.3, 0.4) is 0 Å². The van der Waals surface area contributed by atoms with Crippen LogP contribution in [0.25, 0.3) is 32.8 Å². The number of aromatic nitrogens is 6. The van der Waals surface area contributed by atoms with Crippen LogP contribution in [0.4, 0.5) is 0 Å². The van der Waals surface area contributed by atoms with E-state index >= 15 is 0 Å². The molecule has 4 aromatic heterocycles. The average molecular weight is 366 g/mol. The Bertz CT molecular complexity index is 1160. The second kappa shape index (κ2) is 5.94. The number of rotatable bonds is 4. The Hall–Kier alpha value is -2.78. The van der Waals surface area contributed by atoms with Crippen LogP contribution >= 0.6 is 23.1 Å². The first kappa shape index (κ1) is 14.6. The third-order valence-corrected chi connectivity index (χ3v) is 5.33. The maximum Gasteiger partial charge on any atom is 0.237 e. The summed E-state index contributed by atoms with van der Waals surface area (Å²) in [6, 6.07) is 11.9. The Kier molecular flexibility index (Phi) is 3.46. The smallest absolute Gasteiger partial charge is 0.237 e. The molecular weight excluding hydrogens is 356 g/mol. The lowest BCUT2D eigenvalue weighted by Crippen LogP contribution is -1.92. The van der Waals surface area contributed by atoms with E-state index < -0.39 is 0 Å². The van der Waals surface area contributed by atoms with Crippen LogP contribution in [0.1, 0.15) is 5.89 Å². The molecule has 25 heavy (non-hydrogen) atoms. The number of nitrogens with zero attached hydrogens (tertiary/aromatic N) is 5. The lowest BCUT2D eigenvalue weighted by atomic mass is 10.2. The summed E-state index contributed by atoms with van der Waals surface area (Å²) in [6.07, 6.45) is 0. The number of nitrogens with one attached hydrogen (secondary N) is 1. The van der Waals surface area contributed by atoms with E-state index in [2.05, 4.69) is 30.3 Å². The van der Waals surface area contributed by atoms with Gasteiger partial charge in [-0.25, -0.2) is 4.98 Å². The van der Waals surface area contributed by atoms with Gasteiger partial charge in [0.15, 0.2) is 5.65 Å². The van der Waals surface area contributed by atoms with Gasteiger partial charge in [0.1, 0.15) is 5.52 Å². The van der Waals surface area contributed by atoms with Gasteiger partial charge in [0.05, 0.1) is 10.6 Å². The van der Waals surface area contributed by atoms with Crippen LogP contribution < -0.4 is 0 Å². The van der Waals surface area contributed by atoms with E-state index in [1.54, 1.807) is 11.3 Å². The van der Waals surface area contributed by atoms with E-state index in [9.17, 15) is 0 Å². The van der Waals surface area contributed by atoms with Gasteiger partial charge in [-0.2, -0.15) is 4.98 Å². The number of fused-ring (bicyclic) bond motifs is 3. The van der Waals surface area contributed by atoms with Gasteiger partial charge in [0.25, 0.3) is 0 Å². The number of para-hydroxylation sites is 1. The molecule has 4 heterocycles. The fraction of sp³-hybridized carbons (Fsp3) is 0.0625. The fourth-order valence-electron chi connectivity index (χ4n) is 2.51. The SMILES string of the molecule is c1csc(-c2noc(CSc3nnc4c(n3)[nH]c3ccccc34)n2)c1. The molecule has 0 saturated carbocycles. The Morgan fingerprint density at radius 1 is 1.08 bits per heavy atom. The molecule has 0 spiro atoms. The van der Waals surface area contributed by atoms with E-state index in [-0.39, 0.29) is 0 Å². The molecule has 0 radical (unpaired) electrons. The average Bonchev–Trinajstić information content (AvgIpc) is 3.37. The molecule has 9 heteroatoms. The minimum absolute atomic E-state index is 0.492. The molecule has 0 amide bonds. The molecule has 0 atom stereocenters. The van der Waals surface area contributed by atoms with Gasteiger partial charge in [0, 0.05) is 10.9 Å². The van der Waals surface area contributed by atoms with Gasteiger partial charge in [-0.3, -0.25) is 0 Å². The van der Waals surface area contributed by atoms with Crippen molar-refractivity contribution in [3.63, 3.8) is 0 Å². The maximum absolute atomic E-state index is 5.29. The van der Waals surface area contributed by atoms with Crippen molar-refractivity contribution in [3.05, 3.63) is 47.7 Å². The largest absolute Gasteiger partial charge is 0.338 e. The van der Waals surface area contributed by atoms with Crippen molar-refractivity contribution in [2.24, 2.45) is 0 Å². The van der Waals surface area contributed by atoms with Gasteiger partial charge in [0.2, 0.25) is 16.9 Å². The summed E-state index contributed by atoms with van der Waals surface area (Å²) in [5.74, 6) is 1.63. The first-order chi connectivity index (χ1) is 12.4. The number of H-pyrrole nitrogens is 1. The summed E-state index contributed by atoms with van der Waals surface area (Å²) in [5, 5.41) is 16.1. The van der Waals surface area contributed by atoms with Crippen LogP contribution in [0, 0.1) is 0 Å².